The molecule has 4 nitrogen and oxygen atoms in total. The molecule has 1 fully saturated rings. The molecule has 2 unspecified atom stereocenters. The molecule has 4 heteroatoms. The first-order chi connectivity index (χ1) is 8.11. The molecule has 0 saturated heterocycles. The summed E-state index contributed by atoms with van der Waals surface area (Å²) in [4.78, 5) is 14.1. The maximum Gasteiger partial charge on any atom is 0.224 e. The van der Waals surface area contributed by atoms with E-state index in [2.05, 4.69) is 24.3 Å². The average molecular weight is 241 g/mol. The number of nitrogens with one attached hydrogen (secondary N) is 1. The number of unbranched alkanes of at least 4 members (excludes halogenated alkanes) is 1. The maximum atomic E-state index is 11.9. The molecule has 0 heterocycles. The highest BCUT2D eigenvalue weighted by atomic mass is 16.1. The Bertz CT molecular complexity index is 231. The van der Waals surface area contributed by atoms with E-state index in [9.17, 15) is 4.79 Å². The largest absolute Gasteiger partial charge is 0.356 e. The molecule has 2 atom stereocenters. The van der Waals surface area contributed by atoms with E-state index < -0.39 is 0 Å². The summed E-state index contributed by atoms with van der Waals surface area (Å²) < 4.78 is 0. The van der Waals surface area contributed by atoms with Crippen molar-refractivity contribution >= 4 is 5.91 Å². The summed E-state index contributed by atoms with van der Waals surface area (Å²) in [5.41, 5.74) is 5.98. The number of nitrogens with zero attached hydrogens (tertiary/aromatic N) is 1. The third kappa shape index (κ3) is 5.50. The van der Waals surface area contributed by atoms with Gasteiger partial charge < -0.3 is 16.0 Å². The number of amides is 1. The smallest absolute Gasteiger partial charge is 0.224 e. The zero-order valence-electron chi connectivity index (χ0n) is 11.2. The number of rotatable bonds is 6. The first-order valence-corrected chi connectivity index (χ1v) is 6.79. The van der Waals surface area contributed by atoms with Gasteiger partial charge in [0.25, 0.3) is 0 Å². The van der Waals surface area contributed by atoms with Crippen LogP contribution in [0.15, 0.2) is 0 Å². The molecule has 1 saturated carbocycles. The van der Waals surface area contributed by atoms with Crippen molar-refractivity contribution in [3.63, 3.8) is 0 Å². The lowest BCUT2D eigenvalue weighted by Crippen LogP contribution is -2.43. The highest BCUT2D eigenvalue weighted by molar-refractivity contribution is 5.79. The zero-order chi connectivity index (χ0) is 12.7. The monoisotopic (exact) mass is 241 g/mol. The Morgan fingerprint density at radius 1 is 1.29 bits per heavy atom. The van der Waals surface area contributed by atoms with Crippen LogP contribution in [0.25, 0.3) is 0 Å². The molecular weight excluding hydrogens is 214 g/mol. The Balaban J connectivity index is 2.11. The highest BCUT2D eigenvalue weighted by Gasteiger charge is 2.27. The van der Waals surface area contributed by atoms with Gasteiger partial charge in [-0.05, 0) is 46.3 Å². The quantitative estimate of drug-likeness (QED) is 0.681. The maximum absolute atomic E-state index is 11.9. The van der Waals surface area contributed by atoms with Crippen LogP contribution < -0.4 is 11.1 Å². The summed E-state index contributed by atoms with van der Waals surface area (Å²) in [5.74, 6) is 0.222. The van der Waals surface area contributed by atoms with Gasteiger partial charge in [0.05, 0.1) is 5.92 Å². The molecule has 1 aliphatic rings. The first-order valence-electron chi connectivity index (χ1n) is 6.79. The molecular formula is C13H27N3O. The molecule has 0 aromatic carbocycles. The van der Waals surface area contributed by atoms with Crippen molar-refractivity contribution < 1.29 is 4.79 Å². The Kier molecular flexibility index (Phi) is 6.52. The van der Waals surface area contributed by atoms with Crippen LogP contribution in [0.1, 0.15) is 38.5 Å². The van der Waals surface area contributed by atoms with Gasteiger partial charge in [-0.1, -0.05) is 12.8 Å². The summed E-state index contributed by atoms with van der Waals surface area (Å²) in [6, 6.07) is 0.0746. The molecule has 3 N–H and O–H groups in total. The summed E-state index contributed by atoms with van der Waals surface area (Å²) in [5, 5.41) is 3.02. The molecule has 0 aromatic rings. The second kappa shape index (κ2) is 7.67. The first kappa shape index (κ1) is 14.5. The molecule has 0 aromatic heterocycles. The Morgan fingerprint density at radius 3 is 2.65 bits per heavy atom. The topological polar surface area (TPSA) is 58.4 Å². The zero-order valence-corrected chi connectivity index (χ0v) is 11.2. The van der Waals surface area contributed by atoms with Crippen LogP contribution in [0.3, 0.4) is 0 Å². The van der Waals surface area contributed by atoms with E-state index in [0.29, 0.717) is 0 Å². The van der Waals surface area contributed by atoms with Gasteiger partial charge in [0.15, 0.2) is 0 Å². The number of carbonyl (C=O) groups excluding carboxylic acids is 1. The Labute approximate surface area is 105 Å². The van der Waals surface area contributed by atoms with Crippen molar-refractivity contribution in [1.82, 2.24) is 10.2 Å². The predicted molar refractivity (Wildman–Crippen MR) is 70.7 cm³/mol. The fraction of sp³-hybridized carbons (Fsp3) is 0.923. The Hall–Kier alpha value is -0.610. The number of nitrogens with two attached hydrogens (primary N) is 1. The summed E-state index contributed by atoms with van der Waals surface area (Å²) >= 11 is 0. The molecule has 0 aliphatic heterocycles. The van der Waals surface area contributed by atoms with Gasteiger partial charge in [0.2, 0.25) is 5.91 Å². The molecule has 0 spiro atoms. The predicted octanol–water partition coefficient (Wildman–Crippen LogP) is 0.962. The molecule has 100 valence electrons. The van der Waals surface area contributed by atoms with Crippen LogP contribution in [0.5, 0.6) is 0 Å². The van der Waals surface area contributed by atoms with Crippen LogP contribution >= 0.6 is 0 Å². The molecule has 0 bridgehead atoms. The second-order valence-corrected chi connectivity index (χ2v) is 5.36. The number of carbonyl (C=O) groups is 1. The number of hydrogen-bond donors (Lipinski definition) is 2. The van der Waals surface area contributed by atoms with Gasteiger partial charge in [-0.25, -0.2) is 0 Å². The SMILES string of the molecule is CN(C)CCCCNC(=O)C1CCCCC1N. The second-order valence-electron chi connectivity index (χ2n) is 5.36. The van der Waals surface area contributed by atoms with E-state index in [1.165, 1.54) is 6.42 Å². The van der Waals surface area contributed by atoms with E-state index in [0.717, 1.165) is 45.2 Å². The van der Waals surface area contributed by atoms with E-state index in [1.807, 2.05) is 0 Å². The molecule has 1 aliphatic carbocycles. The van der Waals surface area contributed by atoms with Crippen molar-refractivity contribution in [1.29, 1.82) is 0 Å². The molecule has 0 radical (unpaired) electrons. The molecule has 1 amide bonds. The molecule has 17 heavy (non-hydrogen) atoms. The van der Waals surface area contributed by atoms with E-state index >= 15 is 0 Å². The van der Waals surface area contributed by atoms with Gasteiger partial charge >= 0.3 is 0 Å². The highest BCUT2D eigenvalue weighted by Crippen LogP contribution is 2.22. The minimum absolute atomic E-state index is 0.0533. The van der Waals surface area contributed by atoms with Crippen LogP contribution in [0.4, 0.5) is 0 Å². The van der Waals surface area contributed by atoms with Crippen LogP contribution in [-0.2, 0) is 4.79 Å². The van der Waals surface area contributed by atoms with E-state index in [-0.39, 0.29) is 17.9 Å². The van der Waals surface area contributed by atoms with Gasteiger partial charge in [-0.3, -0.25) is 4.79 Å². The van der Waals surface area contributed by atoms with Crippen molar-refractivity contribution in [2.24, 2.45) is 11.7 Å². The van der Waals surface area contributed by atoms with E-state index in [1.54, 1.807) is 0 Å². The normalized spacial score (nSPS) is 24.9. The van der Waals surface area contributed by atoms with Crippen molar-refractivity contribution in [3.05, 3.63) is 0 Å². The fourth-order valence-electron chi connectivity index (χ4n) is 2.38. The van der Waals surface area contributed by atoms with Crippen molar-refractivity contribution in [2.75, 3.05) is 27.2 Å². The van der Waals surface area contributed by atoms with Gasteiger partial charge in [-0.15, -0.1) is 0 Å². The Morgan fingerprint density at radius 2 is 2.00 bits per heavy atom. The third-order valence-electron chi connectivity index (χ3n) is 3.49. The van der Waals surface area contributed by atoms with Crippen LogP contribution in [-0.4, -0.2) is 44.0 Å². The van der Waals surface area contributed by atoms with Gasteiger partial charge in [0.1, 0.15) is 0 Å². The third-order valence-corrected chi connectivity index (χ3v) is 3.49. The average Bonchev–Trinajstić information content (AvgIpc) is 2.28. The summed E-state index contributed by atoms with van der Waals surface area (Å²) in [6.07, 6.45) is 6.46. The van der Waals surface area contributed by atoms with Crippen molar-refractivity contribution in [2.45, 2.75) is 44.6 Å². The minimum atomic E-state index is 0.0533. The molecule has 1 rings (SSSR count). The summed E-state index contributed by atoms with van der Waals surface area (Å²) in [6.45, 7) is 1.87. The number of hydrogen-bond acceptors (Lipinski definition) is 3. The lowest BCUT2D eigenvalue weighted by atomic mass is 9.84. The lowest BCUT2D eigenvalue weighted by molar-refractivity contribution is -0.126. The van der Waals surface area contributed by atoms with Crippen molar-refractivity contribution in [3.8, 4) is 0 Å². The fourth-order valence-corrected chi connectivity index (χ4v) is 2.38. The lowest BCUT2D eigenvalue weighted by Gasteiger charge is -2.27. The summed E-state index contributed by atoms with van der Waals surface area (Å²) in [7, 11) is 4.14. The minimum Gasteiger partial charge on any atom is -0.356 e. The van der Waals surface area contributed by atoms with Gasteiger partial charge in [-0.2, -0.15) is 0 Å². The van der Waals surface area contributed by atoms with E-state index in [4.69, 9.17) is 5.73 Å². The van der Waals surface area contributed by atoms with Crippen LogP contribution in [0, 0.1) is 5.92 Å². The van der Waals surface area contributed by atoms with Crippen LogP contribution in [0.2, 0.25) is 0 Å². The standard InChI is InChI=1S/C13H27N3O/c1-16(2)10-6-5-9-15-13(17)11-7-3-4-8-12(11)14/h11-12H,3-10,14H2,1-2H3,(H,15,17). The van der Waals surface area contributed by atoms with Gasteiger partial charge in [0, 0.05) is 12.6 Å².